The van der Waals surface area contributed by atoms with Crippen molar-refractivity contribution in [2.45, 2.75) is 58.1 Å². The number of piperazine rings is 1. The molecular weight excluding hydrogens is 402 g/mol. The van der Waals surface area contributed by atoms with Gasteiger partial charge in [0.25, 0.3) is 0 Å². The Labute approximate surface area is 190 Å². The molecule has 1 aromatic carbocycles. The number of hydrogen-bond donors (Lipinski definition) is 1. The van der Waals surface area contributed by atoms with Gasteiger partial charge in [-0.25, -0.2) is 9.78 Å². The molecule has 1 aromatic heterocycles. The van der Waals surface area contributed by atoms with E-state index in [1.54, 1.807) is 6.33 Å². The Morgan fingerprint density at radius 1 is 1.28 bits per heavy atom. The number of rotatable bonds is 5. The van der Waals surface area contributed by atoms with Crippen LogP contribution in [-0.4, -0.2) is 58.1 Å². The summed E-state index contributed by atoms with van der Waals surface area (Å²) in [6.45, 7) is 7.40. The second-order valence-corrected chi connectivity index (χ2v) is 9.82. The van der Waals surface area contributed by atoms with Crippen LogP contribution in [0.15, 0.2) is 36.8 Å². The Morgan fingerprint density at radius 3 is 2.66 bits per heavy atom. The standard InChI is InChI=1S/C25H33N5O2/c1-25(2)9-3-4-21(15-25)32-24(31)30-12-10-29(11-13-30)23(22-17-27-18-28-22)14-19-5-7-20(16-26)8-6-19/h5-8,17-18,21,23H,3-4,9-15H2,1-2H3,(H,27,28). The predicted molar refractivity (Wildman–Crippen MR) is 122 cm³/mol. The van der Waals surface area contributed by atoms with Crippen molar-refractivity contribution >= 4 is 6.09 Å². The summed E-state index contributed by atoms with van der Waals surface area (Å²) < 4.78 is 5.88. The maximum Gasteiger partial charge on any atom is 0.410 e. The molecule has 0 radical (unpaired) electrons. The molecule has 1 aliphatic carbocycles. The van der Waals surface area contributed by atoms with Gasteiger partial charge in [0, 0.05) is 32.4 Å². The van der Waals surface area contributed by atoms with Gasteiger partial charge in [-0.3, -0.25) is 4.90 Å². The quantitative estimate of drug-likeness (QED) is 0.757. The fourth-order valence-electron chi connectivity index (χ4n) is 4.99. The van der Waals surface area contributed by atoms with Gasteiger partial charge < -0.3 is 14.6 Å². The number of H-pyrrole nitrogens is 1. The minimum atomic E-state index is -0.169. The van der Waals surface area contributed by atoms with Crippen LogP contribution in [0.3, 0.4) is 0 Å². The number of nitriles is 1. The number of benzene rings is 1. The largest absolute Gasteiger partial charge is 0.446 e. The molecular formula is C25H33N5O2. The normalized spacial score (nSPS) is 22.2. The third-order valence-electron chi connectivity index (χ3n) is 6.83. The van der Waals surface area contributed by atoms with Crippen molar-refractivity contribution in [3.05, 3.63) is 53.6 Å². The van der Waals surface area contributed by atoms with E-state index >= 15 is 0 Å². The highest BCUT2D eigenvalue weighted by atomic mass is 16.6. The summed E-state index contributed by atoms with van der Waals surface area (Å²) in [6.07, 6.45) is 8.52. The van der Waals surface area contributed by atoms with E-state index in [9.17, 15) is 4.79 Å². The molecule has 2 aliphatic rings. The number of ether oxygens (including phenoxy) is 1. The van der Waals surface area contributed by atoms with Gasteiger partial charge in [0.2, 0.25) is 0 Å². The molecule has 2 unspecified atom stereocenters. The minimum Gasteiger partial charge on any atom is -0.446 e. The summed E-state index contributed by atoms with van der Waals surface area (Å²) in [6, 6.07) is 10.1. The van der Waals surface area contributed by atoms with E-state index in [-0.39, 0.29) is 23.7 Å². The van der Waals surface area contributed by atoms with Crippen LogP contribution < -0.4 is 0 Å². The maximum atomic E-state index is 12.8. The van der Waals surface area contributed by atoms with Gasteiger partial charge in [0.05, 0.1) is 29.7 Å². The van der Waals surface area contributed by atoms with Crippen LogP contribution in [0.4, 0.5) is 4.79 Å². The van der Waals surface area contributed by atoms with Gasteiger partial charge in [-0.05, 0) is 55.2 Å². The lowest BCUT2D eigenvalue weighted by atomic mass is 9.76. The zero-order valence-electron chi connectivity index (χ0n) is 19.1. The lowest BCUT2D eigenvalue weighted by molar-refractivity contribution is 0.00610. The van der Waals surface area contributed by atoms with Crippen LogP contribution in [0.5, 0.6) is 0 Å². The Bertz CT molecular complexity index is 924. The van der Waals surface area contributed by atoms with E-state index in [4.69, 9.17) is 10.00 Å². The van der Waals surface area contributed by atoms with Crippen molar-refractivity contribution in [3.63, 3.8) is 0 Å². The van der Waals surface area contributed by atoms with Crippen molar-refractivity contribution in [1.82, 2.24) is 19.8 Å². The molecule has 2 aromatic rings. The van der Waals surface area contributed by atoms with Crippen LogP contribution in [0.2, 0.25) is 0 Å². The molecule has 1 amide bonds. The molecule has 0 bridgehead atoms. The molecule has 2 atom stereocenters. The van der Waals surface area contributed by atoms with Crippen molar-refractivity contribution in [2.24, 2.45) is 5.41 Å². The smallest absolute Gasteiger partial charge is 0.410 e. The van der Waals surface area contributed by atoms with Gasteiger partial charge in [-0.1, -0.05) is 26.0 Å². The highest BCUT2D eigenvalue weighted by Crippen LogP contribution is 2.36. The molecule has 32 heavy (non-hydrogen) atoms. The molecule has 1 aliphatic heterocycles. The zero-order valence-corrected chi connectivity index (χ0v) is 19.1. The summed E-state index contributed by atoms with van der Waals surface area (Å²) in [4.78, 5) is 24.5. The van der Waals surface area contributed by atoms with Gasteiger partial charge in [-0.15, -0.1) is 0 Å². The maximum absolute atomic E-state index is 12.8. The molecule has 1 saturated heterocycles. The summed E-state index contributed by atoms with van der Waals surface area (Å²) in [5, 5.41) is 9.05. The van der Waals surface area contributed by atoms with Crippen LogP contribution in [0.25, 0.3) is 0 Å². The van der Waals surface area contributed by atoms with Gasteiger partial charge in [-0.2, -0.15) is 5.26 Å². The van der Waals surface area contributed by atoms with E-state index in [0.29, 0.717) is 18.7 Å². The third kappa shape index (κ3) is 5.49. The van der Waals surface area contributed by atoms with Crippen molar-refractivity contribution < 1.29 is 9.53 Å². The minimum absolute atomic E-state index is 0.0402. The first-order valence-corrected chi connectivity index (χ1v) is 11.6. The van der Waals surface area contributed by atoms with Crippen molar-refractivity contribution in [1.29, 1.82) is 5.26 Å². The van der Waals surface area contributed by atoms with Crippen LogP contribution in [0, 0.1) is 16.7 Å². The SMILES string of the molecule is CC1(C)CCCC(OC(=O)N2CCN(C(Cc3ccc(C#N)cc3)c3cnc[nH]3)CC2)C1. The average Bonchev–Trinajstić information content (AvgIpc) is 3.32. The number of carbonyl (C=O) groups excluding carboxylic acids is 1. The van der Waals surface area contributed by atoms with Crippen LogP contribution in [0.1, 0.15) is 62.4 Å². The molecule has 7 heteroatoms. The van der Waals surface area contributed by atoms with Crippen LogP contribution >= 0.6 is 0 Å². The zero-order chi connectivity index (χ0) is 22.6. The highest BCUT2D eigenvalue weighted by molar-refractivity contribution is 5.68. The molecule has 7 nitrogen and oxygen atoms in total. The summed E-state index contributed by atoms with van der Waals surface area (Å²) in [5.41, 5.74) is 3.16. The predicted octanol–water partition coefficient (Wildman–Crippen LogP) is 4.29. The van der Waals surface area contributed by atoms with Crippen LogP contribution in [-0.2, 0) is 11.2 Å². The van der Waals surface area contributed by atoms with Gasteiger partial charge in [0.1, 0.15) is 6.10 Å². The summed E-state index contributed by atoms with van der Waals surface area (Å²) in [7, 11) is 0. The number of nitrogens with one attached hydrogen (secondary N) is 1. The van der Waals surface area contributed by atoms with E-state index in [1.165, 1.54) is 12.0 Å². The number of amides is 1. The van der Waals surface area contributed by atoms with E-state index < -0.39 is 0 Å². The monoisotopic (exact) mass is 435 g/mol. The summed E-state index contributed by atoms with van der Waals surface area (Å²) in [5.74, 6) is 0. The van der Waals surface area contributed by atoms with E-state index in [1.807, 2.05) is 35.4 Å². The molecule has 2 fully saturated rings. The fourth-order valence-corrected chi connectivity index (χ4v) is 4.99. The molecule has 0 spiro atoms. The highest BCUT2D eigenvalue weighted by Gasteiger charge is 2.33. The molecule has 4 rings (SSSR count). The van der Waals surface area contributed by atoms with E-state index in [0.717, 1.165) is 44.5 Å². The Morgan fingerprint density at radius 2 is 2.03 bits per heavy atom. The van der Waals surface area contributed by atoms with Crippen molar-refractivity contribution in [3.8, 4) is 6.07 Å². The number of aromatic amines is 1. The number of carbonyl (C=O) groups is 1. The second kappa shape index (κ2) is 9.74. The Balaban J connectivity index is 1.36. The average molecular weight is 436 g/mol. The third-order valence-corrected chi connectivity index (χ3v) is 6.83. The topological polar surface area (TPSA) is 85.2 Å². The Hall–Kier alpha value is -2.85. The molecule has 1 N–H and O–H groups in total. The number of nitrogens with zero attached hydrogens (tertiary/aromatic N) is 4. The Kier molecular flexibility index (Phi) is 6.80. The first-order valence-electron chi connectivity index (χ1n) is 11.6. The number of aromatic nitrogens is 2. The first kappa shape index (κ1) is 22.3. The molecule has 170 valence electrons. The van der Waals surface area contributed by atoms with Crippen molar-refractivity contribution in [2.75, 3.05) is 26.2 Å². The number of hydrogen-bond acceptors (Lipinski definition) is 5. The molecule has 1 saturated carbocycles. The van der Waals surface area contributed by atoms with Gasteiger partial charge in [0.15, 0.2) is 0 Å². The first-order chi connectivity index (χ1) is 15.4. The lowest BCUT2D eigenvalue weighted by Crippen LogP contribution is -2.51. The second-order valence-electron chi connectivity index (χ2n) is 9.82. The van der Waals surface area contributed by atoms with E-state index in [2.05, 4.69) is 34.8 Å². The lowest BCUT2D eigenvalue weighted by Gasteiger charge is -2.40. The fraction of sp³-hybridized carbons (Fsp3) is 0.560. The molecule has 2 heterocycles. The van der Waals surface area contributed by atoms with Gasteiger partial charge >= 0.3 is 6.09 Å². The number of imidazole rings is 1. The summed E-state index contributed by atoms with van der Waals surface area (Å²) >= 11 is 0.